The number of aromatic nitrogens is 3. The molecule has 24 heavy (non-hydrogen) atoms. The van der Waals surface area contributed by atoms with Gasteiger partial charge in [-0.05, 0) is 24.3 Å². The van der Waals surface area contributed by atoms with Gasteiger partial charge in [-0.3, -0.25) is 0 Å². The summed E-state index contributed by atoms with van der Waals surface area (Å²) in [5, 5.41) is 8.15. The van der Waals surface area contributed by atoms with Crippen molar-refractivity contribution < 1.29 is 4.74 Å². The lowest BCUT2D eigenvalue weighted by Crippen LogP contribution is -2.18. The Bertz CT molecular complexity index is 853. The van der Waals surface area contributed by atoms with Crippen molar-refractivity contribution in [3.05, 3.63) is 72.6 Å². The minimum Gasteiger partial charge on any atom is -0.497 e. The summed E-state index contributed by atoms with van der Waals surface area (Å²) in [6, 6.07) is 17.9. The molecule has 2 heterocycles. The number of ether oxygens (including phenoxy) is 1. The lowest BCUT2D eigenvalue weighted by molar-refractivity contribution is 0.414. The fourth-order valence-corrected chi connectivity index (χ4v) is 2.79. The molecule has 120 valence electrons. The Balaban J connectivity index is 1.81. The number of benzene rings is 2. The number of hydrogen-bond acceptors (Lipinski definition) is 4. The summed E-state index contributed by atoms with van der Waals surface area (Å²) in [7, 11) is 1.66. The molecule has 4 rings (SSSR count). The molecule has 0 saturated heterocycles. The van der Waals surface area contributed by atoms with Gasteiger partial charge in [0.1, 0.15) is 5.75 Å². The Labute approximate surface area is 140 Å². The molecular weight excluding hydrogens is 300 g/mol. The zero-order chi connectivity index (χ0) is 16.4. The first-order valence-corrected chi connectivity index (χ1v) is 7.92. The molecule has 0 amide bonds. The fourth-order valence-electron chi connectivity index (χ4n) is 2.79. The van der Waals surface area contributed by atoms with Crippen LogP contribution in [0.15, 0.2) is 66.7 Å². The minimum absolute atomic E-state index is 0.0667. The van der Waals surface area contributed by atoms with E-state index in [1.165, 1.54) is 0 Å². The van der Waals surface area contributed by atoms with Gasteiger partial charge in [-0.1, -0.05) is 42.5 Å². The van der Waals surface area contributed by atoms with E-state index in [2.05, 4.69) is 17.5 Å². The van der Waals surface area contributed by atoms with E-state index in [9.17, 15) is 0 Å². The lowest BCUT2D eigenvalue weighted by atomic mass is 10.2. The van der Waals surface area contributed by atoms with E-state index in [0.717, 1.165) is 35.2 Å². The number of hydrogen-bond donors (Lipinski definition) is 1. The maximum absolute atomic E-state index is 5.24. The summed E-state index contributed by atoms with van der Waals surface area (Å²) in [6.07, 6.45) is 4.23. The van der Waals surface area contributed by atoms with Gasteiger partial charge in [0, 0.05) is 12.1 Å². The number of nitrogens with zero attached hydrogens (tertiary/aromatic N) is 3. The van der Waals surface area contributed by atoms with Crippen molar-refractivity contribution >= 4 is 0 Å². The normalized spacial score (nSPS) is 16.5. The minimum atomic E-state index is 0.0667. The zero-order valence-corrected chi connectivity index (χ0v) is 13.4. The van der Waals surface area contributed by atoms with Crippen LogP contribution >= 0.6 is 0 Å². The highest BCUT2D eigenvalue weighted by molar-refractivity contribution is 5.55. The third-order valence-corrected chi connectivity index (χ3v) is 4.04. The van der Waals surface area contributed by atoms with Crippen molar-refractivity contribution in [1.29, 1.82) is 0 Å². The van der Waals surface area contributed by atoms with E-state index in [0.29, 0.717) is 0 Å². The molecule has 0 unspecified atom stereocenters. The molecule has 1 N–H and O–H groups in total. The van der Waals surface area contributed by atoms with Gasteiger partial charge in [0.25, 0.3) is 0 Å². The van der Waals surface area contributed by atoms with Gasteiger partial charge in [0.2, 0.25) is 0 Å². The molecule has 0 radical (unpaired) electrons. The quantitative estimate of drug-likeness (QED) is 0.751. The summed E-state index contributed by atoms with van der Waals surface area (Å²) in [6.45, 7) is 0.848. The van der Waals surface area contributed by atoms with E-state index < -0.39 is 0 Å². The molecule has 0 spiro atoms. The zero-order valence-electron chi connectivity index (χ0n) is 13.4. The third kappa shape index (κ3) is 2.70. The summed E-state index contributed by atoms with van der Waals surface area (Å²) < 4.78 is 7.14. The average molecular weight is 318 g/mol. The van der Waals surface area contributed by atoms with Gasteiger partial charge < -0.3 is 10.1 Å². The van der Waals surface area contributed by atoms with Gasteiger partial charge in [-0.25, -0.2) is 9.67 Å². The van der Waals surface area contributed by atoms with E-state index in [1.54, 1.807) is 7.11 Å². The van der Waals surface area contributed by atoms with Crippen molar-refractivity contribution in [2.75, 3.05) is 13.7 Å². The second-order valence-electron chi connectivity index (χ2n) is 5.58. The second kappa shape index (κ2) is 6.29. The monoisotopic (exact) mass is 318 g/mol. The molecule has 0 fully saturated rings. The highest BCUT2D eigenvalue weighted by Crippen LogP contribution is 2.25. The van der Waals surface area contributed by atoms with Crippen LogP contribution in [-0.4, -0.2) is 28.4 Å². The molecule has 0 saturated carbocycles. The number of rotatable bonds is 4. The number of methoxy groups -OCH3 is 1. The summed E-state index contributed by atoms with van der Waals surface area (Å²) in [4.78, 5) is 4.79. The van der Waals surface area contributed by atoms with Crippen molar-refractivity contribution in [1.82, 2.24) is 20.1 Å². The Morgan fingerprint density at radius 2 is 1.88 bits per heavy atom. The highest BCUT2D eigenvalue weighted by atomic mass is 16.5. The van der Waals surface area contributed by atoms with Gasteiger partial charge in [0.15, 0.2) is 11.6 Å². The van der Waals surface area contributed by atoms with Crippen LogP contribution in [0.5, 0.6) is 5.75 Å². The van der Waals surface area contributed by atoms with E-state index in [4.69, 9.17) is 14.8 Å². The maximum Gasteiger partial charge on any atom is 0.181 e. The van der Waals surface area contributed by atoms with Crippen molar-refractivity contribution in [2.45, 2.75) is 6.04 Å². The molecule has 3 aromatic rings. The highest BCUT2D eigenvalue weighted by Gasteiger charge is 2.21. The molecule has 1 aliphatic rings. The van der Waals surface area contributed by atoms with Crippen LogP contribution in [0.4, 0.5) is 0 Å². The second-order valence-corrected chi connectivity index (χ2v) is 5.58. The van der Waals surface area contributed by atoms with Crippen LogP contribution in [0.2, 0.25) is 0 Å². The van der Waals surface area contributed by atoms with Crippen LogP contribution in [0.1, 0.15) is 11.9 Å². The van der Waals surface area contributed by atoms with E-state index in [-0.39, 0.29) is 6.04 Å². The van der Waals surface area contributed by atoms with Crippen molar-refractivity contribution in [2.24, 2.45) is 0 Å². The SMILES string of the molecule is COc1ccc(-n2nc(-c3ccccc3)nc2[C@H]2C=CCN2)cc1. The van der Waals surface area contributed by atoms with Crippen LogP contribution in [0, 0.1) is 0 Å². The largest absolute Gasteiger partial charge is 0.497 e. The third-order valence-electron chi connectivity index (χ3n) is 4.04. The first-order chi connectivity index (χ1) is 11.8. The molecule has 5 nitrogen and oxygen atoms in total. The smallest absolute Gasteiger partial charge is 0.181 e. The van der Waals surface area contributed by atoms with Crippen LogP contribution in [0.3, 0.4) is 0 Å². The summed E-state index contributed by atoms with van der Waals surface area (Å²) >= 11 is 0. The molecule has 1 atom stereocenters. The predicted octanol–water partition coefficient (Wildman–Crippen LogP) is 3.14. The van der Waals surface area contributed by atoms with Crippen molar-refractivity contribution in [3.8, 4) is 22.8 Å². The Kier molecular flexibility index (Phi) is 3.84. The molecule has 1 aromatic heterocycles. The van der Waals surface area contributed by atoms with Gasteiger partial charge >= 0.3 is 0 Å². The average Bonchev–Trinajstić information content (AvgIpc) is 3.32. The molecule has 5 heteroatoms. The summed E-state index contributed by atoms with van der Waals surface area (Å²) in [5.74, 6) is 2.43. The Hall–Kier alpha value is -2.92. The van der Waals surface area contributed by atoms with Crippen LogP contribution in [-0.2, 0) is 0 Å². The Morgan fingerprint density at radius 3 is 2.54 bits per heavy atom. The molecule has 2 aromatic carbocycles. The van der Waals surface area contributed by atoms with Gasteiger partial charge in [-0.2, -0.15) is 0 Å². The molecular formula is C19H18N4O. The first-order valence-electron chi connectivity index (χ1n) is 7.92. The first kappa shape index (κ1) is 14.7. The van der Waals surface area contributed by atoms with E-state index in [1.807, 2.05) is 59.3 Å². The van der Waals surface area contributed by atoms with Gasteiger partial charge in [0.05, 0.1) is 18.8 Å². The van der Waals surface area contributed by atoms with Crippen molar-refractivity contribution in [3.63, 3.8) is 0 Å². The molecule has 1 aliphatic heterocycles. The lowest BCUT2D eigenvalue weighted by Gasteiger charge is -2.11. The number of nitrogens with one attached hydrogen (secondary N) is 1. The van der Waals surface area contributed by atoms with E-state index >= 15 is 0 Å². The van der Waals surface area contributed by atoms with Crippen LogP contribution in [0.25, 0.3) is 17.1 Å². The topological polar surface area (TPSA) is 52.0 Å². The Morgan fingerprint density at radius 1 is 1.08 bits per heavy atom. The van der Waals surface area contributed by atoms with Gasteiger partial charge in [-0.15, -0.1) is 5.10 Å². The molecule has 0 bridgehead atoms. The van der Waals surface area contributed by atoms with Crippen LogP contribution < -0.4 is 10.1 Å². The summed E-state index contributed by atoms with van der Waals surface area (Å²) in [5.41, 5.74) is 1.97. The maximum atomic E-state index is 5.24. The predicted molar refractivity (Wildman–Crippen MR) is 93.2 cm³/mol. The fraction of sp³-hybridized carbons (Fsp3) is 0.158. The molecule has 0 aliphatic carbocycles. The standard InChI is InChI=1S/C19H18N4O/c1-24-16-11-9-15(10-12-16)23-19(17-8-5-13-20-17)21-18(22-23)14-6-3-2-4-7-14/h2-12,17,20H,13H2,1H3/t17-/m1/s1.